The Labute approximate surface area is 170 Å². The lowest BCUT2D eigenvalue weighted by atomic mass is 10.1. The third-order valence-electron chi connectivity index (χ3n) is 4.22. The van der Waals surface area contributed by atoms with E-state index in [1.54, 1.807) is 60.7 Å². The molecule has 4 rings (SSSR count). The second-order valence-electron chi connectivity index (χ2n) is 6.05. The van der Waals surface area contributed by atoms with Crippen molar-refractivity contribution in [3.63, 3.8) is 0 Å². The molecule has 0 atom stereocenters. The molecule has 0 spiro atoms. The summed E-state index contributed by atoms with van der Waals surface area (Å²) >= 11 is 12.4. The molecule has 4 nitrogen and oxygen atoms in total. The Morgan fingerprint density at radius 2 is 1.71 bits per heavy atom. The molecule has 0 fully saturated rings. The molecule has 0 bridgehead atoms. The van der Waals surface area contributed by atoms with Gasteiger partial charge in [-0.05, 0) is 48.6 Å². The van der Waals surface area contributed by atoms with Crippen molar-refractivity contribution in [2.75, 3.05) is 0 Å². The van der Waals surface area contributed by atoms with Crippen LogP contribution in [-0.2, 0) is 0 Å². The van der Waals surface area contributed by atoms with Crippen molar-refractivity contribution >= 4 is 52.2 Å². The smallest absolute Gasteiger partial charge is 0.336 e. The van der Waals surface area contributed by atoms with E-state index in [0.717, 1.165) is 0 Å². The van der Waals surface area contributed by atoms with Crippen LogP contribution in [0.25, 0.3) is 34.4 Å². The highest BCUT2D eigenvalue weighted by Crippen LogP contribution is 2.35. The van der Waals surface area contributed by atoms with Gasteiger partial charge in [0.15, 0.2) is 0 Å². The Balaban J connectivity index is 1.69. The van der Waals surface area contributed by atoms with E-state index in [9.17, 15) is 9.90 Å². The fraction of sp³-hybridized carbons (Fsp3) is 0. The summed E-state index contributed by atoms with van der Waals surface area (Å²) in [6.07, 6.45) is 3.42. The van der Waals surface area contributed by atoms with Crippen molar-refractivity contribution in [3.05, 3.63) is 87.7 Å². The van der Waals surface area contributed by atoms with Gasteiger partial charge in [-0.25, -0.2) is 9.78 Å². The third kappa shape index (κ3) is 3.52. The second kappa shape index (κ2) is 7.50. The average Bonchev–Trinajstić information content (AvgIpc) is 3.14. The zero-order valence-corrected chi connectivity index (χ0v) is 15.9. The number of nitrogens with zero attached hydrogens (tertiary/aromatic N) is 1. The molecule has 0 aliphatic carbocycles. The minimum Gasteiger partial charge on any atom is -0.478 e. The largest absolute Gasteiger partial charge is 0.478 e. The first-order valence-corrected chi connectivity index (χ1v) is 9.14. The van der Waals surface area contributed by atoms with Gasteiger partial charge in [0.05, 0.1) is 32.4 Å². The molecule has 6 heteroatoms. The summed E-state index contributed by atoms with van der Waals surface area (Å²) in [6.45, 7) is 0. The minimum atomic E-state index is -0.998. The van der Waals surface area contributed by atoms with Gasteiger partial charge in [0.25, 0.3) is 0 Å². The first-order chi connectivity index (χ1) is 13.5. The Morgan fingerprint density at radius 1 is 0.964 bits per heavy atom. The van der Waals surface area contributed by atoms with Crippen LogP contribution >= 0.6 is 23.2 Å². The molecule has 0 saturated heterocycles. The van der Waals surface area contributed by atoms with Gasteiger partial charge in [-0.15, -0.1) is 0 Å². The number of carboxylic acid groups (broad SMARTS) is 1. The van der Waals surface area contributed by atoms with Crippen molar-refractivity contribution < 1.29 is 14.3 Å². The molecule has 2 aromatic carbocycles. The maximum atomic E-state index is 11.6. The van der Waals surface area contributed by atoms with Gasteiger partial charge >= 0.3 is 5.97 Å². The number of furan rings is 1. The Kier molecular flexibility index (Phi) is 4.90. The molecule has 2 aromatic heterocycles. The maximum Gasteiger partial charge on any atom is 0.336 e. The number of aromatic carboxylic acids is 1. The van der Waals surface area contributed by atoms with Crippen LogP contribution in [0.1, 0.15) is 21.8 Å². The molecule has 0 saturated carbocycles. The maximum absolute atomic E-state index is 11.6. The summed E-state index contributed by atoms with van der Waals surface area (Å²) in [6, 6.07) is 17.5. The number of halogens is 2. The Hall–Kier alpha value is -3.08. The van der Waals surface area contributed by atoms with E-state index in [0.29, 0.717) is 43.7 Å². The fourth-order valence-corrected chi connectivity index (χ4v) is 3.52. The summed E-state index contributed by atoms with van der Waals surface area (Å²) < 4.78 is 5.82. The van der Waals surface area contributed by atoms with E-state index in [1.165, 1.54) is 6.07 Å². The SMILES string of the molecule is O=C(O)c1cc(/C=C/c2ccc(-c3c(Cl)cccc3Cl)o2)nc2ccccc12. The first kappa shape index (κ1) is 18.3. The number of carboxylic acids is 1. The summed E-state index contributed by atoms with van der Waals surface area (Å²) in [4.78, 5) is 16.1. The molecular weight excluding hydrogens is 397 g/mol. The lowest BCUT2D eigenvalue weighted by molar-refractivity contribution is 0.0699. The molecule has 1 N–H and O–H groups in total. The highest BCUT2D eigenvalue weighted by Gasteiger charge is 2.13. The zero-order valence-electron chi connectivity index (χ0n) is 14.4. The molecule has 2 heterocycles. The predicted octanol–water partition coefficient (Wildman–Crippen LogP) is 6.67. The van der Waals surface area contributed by atoms with Gasteiger partial charge in [-0.1, -0.05) is 47.5 Å². The molecule has 0 radical (unpaired) electrons. The number of carbonyl (C=O) groups is 1. The normalized spacial score (nSPS) is 11.4. The molecule has 0 unspecified atom stereocenters. The van der Waals surface area contributed by atoms with Gasteiger partial charge in [0.1, 0.15) is 11.5 Å². The van der Waals surface area contributed by atoms with Crippen LogP contribution in [0, 0.1) is 0 Å². The van der Waals surface area contributed by atoms with Crippen molar-refractivity contribution in [2.24, 2.45) is 0 Å². The highest BCUT2D eigenvalue weighted by atomic mass is 35.5. The minimum absolute atomic E-state index is 0.202. The number of hydrogen-bond donors (Lipinski definition) is 1. The molecule has 138 valence electrons. The second-order valence-corrected chi connectivity index (χ2v) is 6.86. The van der Waals surface area contributed by atoms with Crippen LogP contribution in [0.2, 0.25) is 10.0 Å². The van der Waals surface area contributed by atoms with Crippen LogP contribution < -0.4 is 0 Å². The first-order valence-electron chi connectivity index (χ1n) is 8.38. The summed E-state index contributed by atoms with van der Waals surface area (Å²) in [7, 11) is 0. The number of benzene rings is 2. The number of fused-ring (bicyclic) bond motifs is 1. The van der Waals surface area contributed by atoms with Crippen molar-refractivity contribution in [2.45, 2.75) is 0 Å². The van der Waals surface area contributed by atoms with Crippen LogP contribution in [0.4, 0.5) is 0 Å². The molecule has 0 amide bonds. The van der Waals surface area contributed by atoms with Crippen LogP contribution in [-0.4, -0.2) is 16.1 Å². The van der Waals surface area contributed by atoms with Crippen LogP contribution in [0.3, 0.4) is 0 Å². The van der Waals surface area contributed by atoms with Crippen LogP contribution in [0.5, 0.6) is 0 Å². The van der Waals surface area contributed by atoms with E-state index in [2.05, 4.69) is 4.98 Å². The number of para-hydroxylation sites is 1. The van der Waals surface area contributed by atoms with E-state index in [-0.39, 0.29) is 5.56 Å². The fourth-order valence-electron chi connectivity index (χ4n) is 2.94. The van der Waals surface area contributed by atoms with E-state index in [4.69, 9.17) is 27.6 Å². The number of hydrogen-bond acceptors (Lipinski definition) is 3. The van der Waals surface area contributed by atoms with E-state index in [1.807, 2.05) is 6.07 Å². The standard InChI is InChI=1S/C22H13Cl2NO3/c23-17-5-3-6-18(24)21(17)20-11-10-14(28-20)9-8-13-12-16(22(26)27)15-4-1-2-7-19(15)25-13/h1-12H,(H,26,27)/b9-8+. The van der Waals surface area contributed by atoms with Crippen molar-refractivity contribution in [3.8, 4) is 11.3 Å². The third-order valence-corrected chi connectivity index (χ3v) is 4.85. The lowest BCUT2D eigenvalue weighted by Crippen LogP contribution is -2.00. The molecule has 4 aromatic rings. The van der Waals surface area contributed by atoms with Crippen molar-refractivity contribution in [1.29, 1.82) is 0 Å². The summed E-state index contributed by atoms with van der Waals surface area (Å²) in [5.41, 5.74) is 1.96. The van der Waals surface area contributed by atoms with E-state index >= 15 is 0 Å². The molecule has 0 aliphatic rings. The van der Waals surface area contributed by atoms with Gasteiger partial charge in [-0.3, -0.25) is 0 Å². The summed E-state index contributed by atoms with van der Waals surface area (Å²) in [5, 5.41) is 11.1. The quantitative estimate of drug-likeness (QED) is 0.408. The average molecular weight is 410 g/mol. The highest BCUT2D eigenvalue weighted by molar-refractivity contribution is 6.39. The van der Waals surface area contributed by atoms with Gasteiger partial charge in [0.2, 0.25) is 0 Å². The Morgan fingerprint density at radius 3 is 2.46 bits per heavy atom. The Bertz CT molecular complexity index is 1210. The predicted molar refractivity (Wildman–Crippen MR) is 112 cm³/mol. The monoisotopic (exact) mass is 409 g/mol. The zero-order chi connectivity index (χ0) is 19.7. The van der Waals surface area contributed by atoms with Gasteiger partial charge in [0, 0.05) is 5.39 Å². The summed E-state index contributed by atoms with van der Waals surface area (Å²) in [5.74, 6) is 0.118. The number of pyridine rings is 1. The van der Waals surface area contributed by atoms with Crippen LogP contribution in [0.15, 0.2) is 65.1 Å². The number of rotatable bonds is 4. The molecule has 0 aliphatic heterocycles. The van der Waals surface area contributed by atoms with Crippen molar-refractivity contribution in [1.82, 2.24) is 4.98 Å². The lowest BCUT2D eigenvalue weighted by Gasteiger charge is -2.04. The molecular formula is C22H13Cl2NO3. The number of aromatic nitrogens is 1. The van der Waals surface area contributed by atoms with Gasteiger partial charge < -0.3 is 9.52 Å². The molecule has 28 heavy (non-hydrogen) atoms. The van der Waals surface area contributed by atoms with Gasteiger partial charge in [-0.2, -0.15) is 0 Å². The topological polar surface area (TPSA) is 63.3 Å². The van der Waals surface area contributed by atoms with E-state index < -0.39 is 5.97 Å².